The summed E-state index contributed by atoms with van der Waals surface area (Å²) in [5.41, 5.74) is 0.799. The molecule has 22 heavy (non-hydrogen) atoms. The van der Waals surface area contributed by atoms with Gasteiger partial charge in [-0.1, -0.05) is 13.0 Å². The lowest BCUT2D eigenvalue weighted by molar-refractivity contribution is -0.111. The maximum absolute atomic E-state index is 11.9. The molecule has 0 saturated heterocycles. The predicted octanol–water partition coefficient (Wildman–Crippen LogP) is 4.78. The summed E-state index contributed by atoms with van der Waals surface area (Å²) in [6, 6.07) is 11.7. The van der Waals surface area contributed by atoms with Gasteiger partial charge in [0.25, 0.3) is 0 Å². The highest BCUT2D eigenvalue weighted by molar-refractivity contribution is 7.98. The number of furan rings is 1. The van der Waals surface area contributed by atoms with E-state index in [4.69, 9.17) is 4.42 Å². The molecule has 4 heteroatoms. The number of carbonyl (C=O) groups excluding carboxylic acids is 1. The van der Waals surface area contributed by atoms with Gasteiger partial charge in [-0.15, -0.1) is 11.8 Å². The van der Waals surface area contributed by atoms with Crippen LogP contribution in [0.15, 0.2) is 51.8 Å². The lowest BCUT2D eigenvalue weighted by Crippen LogP contribution is -2.07. The summed E-state index contributed by atoms with van der Waals surface area (Å²) in [6.45, 7) is 2.22. The largest absolute Gasteiger partial charge is 0.461 e. The first-order valence-corrected chi connectivity index (χ1v) is 8.61. The van der Waals surface area contributed by atoms with Crippen LogP contribution in [0.2, 0.25) is 0 Å². The smallest absolute Gasteiger partial charge is 0.248 e. The fourth-order valence-electron chi connectivity index (χ4n) is 2.42. The molecule has 1 aliphatic rings. The molecule has 1 aliphatic carbocycles. The third-order valence-corrected chi connectivity index (χ3v) is 4.58. The third kappa shape index (κ3) is 3.63. The SMILES string of the molecule is CSc1cccc(NC(=O)/C=C/c2ccc([C@@H]3C[C@@H]3C)o2)c1. The molecule has 0 aliphatic heterocycles. The van der Waals surface area contributed by atoms with Crippen molar-refractivity contribution in [2.75, 3.05) is 11.6 Å². The molecule has 0 unspecified atom stereocenters. The van der Waals surface area contributed by atoms with Crippen molar-refractivity contribution in [1.82, 2.24) is 0 Å². The first-order valence-electron chi connectivity index (χ1n) is 7.38. The molecule has 114 valence electrons. The number of rotatable bonds is 5. The molecule has 3 rings (SSSR count). The Morgan fingerprint density at radius 2 is 2.18 bits per heavy atom. The van der Waals surface area contributed by atoms with Gasteiger partial charge < -0.3 is 9.73 Å². The van der Waals surface area contributed by atoms with Gasteiger partial charge in [-0.2, -0.15) is 0 Å². The van der Waals surface area contributed by atoms with Gasteiger partial charge in [0.15, 0.2) is 0 Å². The van der Waals surface area contributed by atoms with Crippen LogP contribution in [0.3, 0.4) is 0 Å². The Hall–Kier alpha value is -1.94. The minimum atomic E-state index is -0.156. The average molecular weight is 313 g/mol. The minimum Gasteiger partial charge on any atom is -0.461 e. The van der Waals surface area contributed by atoms with Crippen molar-refractivity contribution < 1.29 is 9.21 Å². The molecule has 1 aromatic heterocycles. The standard InChI is InChI=1S/C18H19NO2S/c1-12-10-16(12)17-8-6-14(21-17)7-9-18(20)19-13-4-3-5-15(11-13)22-2/h3-9,11-12,16H,10H2,1-2H3,(H,19,20)/b9-7+/t12-,16+/m0/s1. The van der Waals surface area contributed by atoms with Crippen LogP contribution in [-0.4, -0.2) is 12.2 Å². The fourth-order valence-corrected chi connectivity index (χ4v) is 2.88. The Morgan fingerprint density at radius 3 is 2.91 bits per heavy atom. The molecule has 0 bridgehead atoms. The van der Waals surface area contributed by atoms with Crippen LogP contribution in [-0.2, 0) is 4.79 Å². The molecule has 2 atom stereocenters. The van der Waals surface area contributed by atoms with E-state index in [1.807, 2.05) is 42.7 Å². The highest BCUT2D eigenvalue weighted by Crippen LogP contribution is 2.47. The summed E-state index contributed by atoms with van der Waals surface area (Å²) in [6.07, 6.45) is 6.42. The average Bonchev–Trinajstić information content (AvgIpc) is 3.07. The van der Waals surface area contributed by atoms with Crippen LogP contribution in [0.5, 0.6) is 0 Å². The van der Waals surface area contributed by atoms with E-state index in [1.165, 1.54) is 12.5 Å². The lowest BCUT2D eigenvalue weighted by Gasteiger charge is -2.03. The molecule has 0 radical (unpaired) electrons. The predicted molar refractivity (Wildman–Crippen MR) is 91.1 cm³/mol. The van der Waals surface area contributed by atoms with E-state index in [1.54, 1.807) is 17.8 Å². The van der Waals surface area contributed by atoms with Gasteiger partial charge in [-0.25, -0.2) is 0 Å². The maximum atomic E-state index is 11.9. The van der Waals surface area contributed by atoms with E-state index in [2.05, 4.69) is 12.2 Å². The van der Waals surface area contributed by atoms with Crippen LogP contribution < -0.4 is 5.32 Å². The Kier molecular flexibility index (Phi) is 4.39. The summed E-state index contributed by atoms with van der Waals surface area (Å²) >= 11 is 1.65. The second-order valence-electron chi connectivity index (χ2n) is 5.61. The van der Waals surface area contributed by atoms with Gasteiger partial charge in [-0.05, 0) is 55.0 Å². The van der Waals surface area contributed by atoms with E-state index in [9.17, 15) is 4.79 Å². The first kappa shape index (κ1) is 15.0. The molecule has 3 nitrogen and oxygen atoms in total. The quantitative estimate of drug-likeness (QED) is 0.638. The van der Waals surface area contributed by atoms with Crippen molar-refractivity contribution in [3.63, 3.8) is 0 Å². The number of hydrogen-bond donors (Lipinski definition) is 1. The summed E-state index contributed by atoms with van der Waals surface area (Å²) in [7, 11) is 0. The van der Waals surface area contributed by atoms with Gasteiger partial charge in [0.1, 0.15) is 11.5 Å². The zero-order valence-electron chi connectivity index (χ0n) is 12.7. The molecule has 1 heterocycles. The van der Waals surface area contributed by atoms with Crippen LogP contribution in [0.25, 0.3) is 6.08 Å². The number of anilines is 1. The fraction of sp³-hybridized carbons (Fsp3) is 0.278. The molecule has 1 N–H and O–H groups in total. The summed E-state index contributed by atoms with van der Waals surface area (Å²) in [5, 5.41) is 2.86. The van der Waals surface area contributed by atoms with Gasteiger partial charge in [-0.3, -0.25) is 4.79 Å². The van der Waals surface area contributed by atoms with Gasteiger partial charge in [0, 0.05) is 22.6 Å². The van der Waals surface area contributed by atoms with Gasteiger partial charge >= 0.3 is 0 Å². The topological polar surface area (TPSA) is 42.2 Å². The van der Waals surface area contributed by atoms with Crippen molar-refractivity contribution >= 4 is 29.4 Å². The number of carbonyl (C=O) groups is 1. The van der Waals surface area contributed by atoms with Crippen LogP contribution >= 0.6 is 11.8 Å². The highest BCUT2D eigenvalue weighted by atomic mass is 32.2. The first-order chi connectivity index (χ1) is 10.7. The molecule has 1 amide bonds. The normalized spacial score (nSPS) is 20.3. The highest BCUT2D eigenvalue weighted by Gasteiger charge is 2.36. The second kappa shape index (κ2) is 6.44. The van der Waals surface area contributed by atoms with Crippen LogP contribution in [0, 0.1) is 5.92 Å². The lowest BCUT2D eigenvalue weighted by atomic mass is 10.3. The Morgan fingerprint density at radius 1 is 1.36 bits per heavy atom. The van der Waals surface area contributed by atoms with Gasteiger partial charge in [0.05, 0.1) is 0 Å². The zero-order chi connectivity index (χ0) is 15.5. The van der Waals surface area contributed by atoms with Crippen molar-refractivity contribution in [2.45, 2.75) is 24.2 Å². The Labute approximate surface area is 134 Å². The number of hydrogen-bond acceptors (Lipinski definition) is 3. The van der Waals surface area contributed by atoms with E-state index in [0.717, 1.165) is 28.0 Å². The number of nitrogens with one attached hydrogen (secondary N) is 1. The number of thioether (sulfide) groups is 1. The van der Waals surface area contributed by atoms with Gasteiger partial charge in [0.2, 0.25) is 5.91 Å². The summed E-state index contributed by atoms with van der Waals surface area (Å²) in [4.78, 5) is 13.1. The third-order valence-electron chi connectivity index (χ3n) is 3.86. The van der Waals surface area contributed by atoms with Crippen molar-refractivity contribution in [2.24, 2.45) is 5.92 Å². The molecular formula is C18H19NO2S. The summed E-state index contributed by atoms with van der Waals surface area (Å²) < 4.78 is 5.74. The molecule has 1 saturated carbocycles. The second-order valence-corrected chi connectivity index (χ2v) is 6.49. The molecule has 0 spiro atoms. The zero-order valence-corrected chi connectivity index (χ0v) is 13.5. The number of amides is 1. The van der Waals surface area contributed by atoms with E-state index >= 15 is 0 Å². The minimum absolute atomic E-state index is 0.156. The van der Waals surface area contributed by atoms with Crippen LogP contribution in [0.1, 0.15) is 30.8 Å². The molecule has 1 fully saturated rings. The Balaban J connectivity index is 1.59. The molecular weight excluding hydrogens is 294 g/mol. The number of benzene rings is 1. The van der Waals surface area contributed by atoms with Crippen molar-refractivity contribution in [3.05, 3.63) is 54.0 Å². The molecule has 1 aromatic carbocycles. The van der Waals surface area contributed by atoms with Crippen molar-refractivity contribution in [1.29, 1.82) is 0 Å². The van der Waals surface area contributed by atoms with Crippen molar-refractivity contribution in [3.8, 4) is 0 Å². The van der Waals surface area contributed by atoms with Crippen LogP contribution in [0.4, 0.5) is 5.69 Å². The summed E-state index contributed by atoms with van der Waals surface area (Å²) in [5.74, 6) is 2.87. The molecule has 2 aromatic rings. The maximum Gasteiger partial charge on any atom is 0.248 e. The van der Waals surface area contributed by atoms with E-state index in [0.29, 0.717) is 5.92 Å². The van der Waals surface area contributed by atoms with E-state index < -0.39 is 0 Å². The monoisotopic (exact) mass is 313 g/mol. The Bertz CT molecular complexity index is 705. The van der Waals surface area contributed by atoms with E-state index in [-0.39, 0.29) is 5.91 Å².